The van der Waals surface area contributed by atoms with Gasteiger partial charge in [-0.05, 0) is 18.8 Å². The highest BCUT2D eigenvalue weighted by Gasteiger charge is 2.17. The highest BCUT2D eigenvalue weighted by Crippen LogP contribution is 2.26. The Kier molecular flexibility index (Phi) is 3.66. The van der Waals surface area contributed by atoms with E-state index in [1.165, 1.54) is 19.3 Å². The van der Waals surface area contributed by atoms with Crippen LogP contribution in [0.4, 0.5) is 0 Å². The Labute approximate surface area is 73.3 Å². The second kappa shape index (κ2) is 4.82. The lowest BCUT2D eigenvalue weighted by atomic mass is 9.87. The summed E-state index contributed by atoms with van der Waals surface area (Å²) in [5.41, 5.74) is 0. The lowest BCUT2D eigenvalue weighted by molar-refractivity contribution is -0.138. The van der Waals surface area contributed by atoms with Crippen LogP contribution < -0.4 is 0 Å². The van der Waals surface area contributed by atoms with E-state index in [0.29, 0.717) is 12.3 Å². The molecule has 0 heterocycles. The first-order valence-corrected chi connectivity index (χ1v) is 4.48. The Morgan fingerprint density at radius 2 is 2.08 bits per heavy atom. The van der Waals surface area contributed by atoms with Crippen molar-refractivity contribution in [3.63, 3.8) is 0 Å². The third kappa shape index (κ3) is 2.96. The fraction of sp³-hybridized carbons (Fsp3) is 0.700. The molecule has 0 aromatic heterocycles. The van der Waals surface area contributed by atoms with Crippen LogP contribution >= 0.6 is 0 Å². The molecule has 1 aliphatic carbocycles. The highest BCUT2D eigenvalue weighted by atomic mass is 16.5. The Morgan fingerprint density at radius 1 is 1.42 bits per heavy atom. The van der Waals surface area contributed by atoms with Crippen LogP contribution in [0, 0.1) is 18.4 Å². The van der Waals surface area contributed by atoms with E-state index in [1.807, 2.05) is 6.11 Å². The van der Waals surface area contributed by atoms with Gasteiger partial charge in [-0.2, -0.15) is 0 Å². The van der Waals surface area contributed by atoms with Crippen molar-refractivity contribution >= 4 is 5.97 Å². The lowest BCUT2D eigenvalue weighted by Crippen LogP contribution is -2.12. The largest absolute Gasteiger partial charge is 0.372 e. The second-order valence-corrected chi connectivity index (χ2v) is 3.30. The molecular weight excluding hydrogens is 152 g/mol. The molecular formula is C10H14O2. The van der Waals surface area contributed by atoms with E-state index in [4.69, 9.17) is 6.42 Å². The van der Waals surface area contributed by atoms with Gasteiger partial charge in [0.25, 0.3) is 0 Å². The van der Waals surface area contributed by atoms with Crippen LogP contribution in [0.25, 0.3) is 0 Å². The molecule has 2 heteroatoms. The van der Waals surface area contributed by atoms with E-state index in [-0.39, 0.29) is 5.97 Å². The van der Waals surface area contributed by atoms with Gasteiger partial charge in [-0.15, -0.1) is 0 Å². The molecule has 0 aromatic carbocycles. The summed E-state index contributed by atoms with van der Waals surface area (Å²) in [6.07, 6.45) is 13.4. The quantitative estimate of drug-likeness (QED) is 0.464. The summed E-state index contributed by atoms with van der Waals surface area (Å²) in [4.78, 5) is 10.9. The monoisotopic (exact) mass is 166 g/mol. The maximum absolute atomic E-state index is 10.9. The summed E-state index contributed by atoms with van der Waals surface area (Å²) in [6, 6.07) is 0. The van der Waals surface area contributed by atoms with Gasteiger partial charge in [0, 0.05) is 6.42 Å². The smallest absolute Gasteiger partial charge is 0.320 e. The first kappa shape index (κ1) is 9.12. The van der Waals surface area contributed by atoms with Crippen molar-refractivity contribution in [3.05, 3.63) is 0 Å². The van der Waals surface area contributed by atoms with Crippen molar-refractivity contribution in [2.24, 2.45) is 5.92 Å². The molecule has 2 nitrogen and oxygen atoms in total. The standard InChI is InChI=1S/C10H14O2/c1-2-12-10(11)8-9-6-4-3-5-7-9/h1,9H,3-8H2. The van der Waals surface area contributed by atoms with E-state index >= 15 is 0 Å². The van der Waals surface area contributed by atoms with Gasteiger partial charge in [0.05, 0.1) is 0 Å². The number of carbonyl (C=O) groups excluding carboxylic acids is 1. The number of terminal acetylenes is 1. The van der Waals surface area contributed by atoms with Crippen LogP contribution in [0.15, 0.2) is 0 Å². The van der Waals surface area contributed by atoms with E-state index in [2.05, 4.69) is 4.74 Å². The van der Waals surface area contributed by atoms with Crippen molar-refractivity contribution in [2.75, 3.05) is 0 Å². The predicted molar refractivity (Wildman–Crippen MR) is 46.1 cm³/mol. The maximum Gasteiger partial charge on any atom is 0.320 e. The molecule has 0 radical (unpaired) electrons. The molecule has 1 fully saturated rings. The number of hydrogen-bond acceptors (Lipinski definition) is 2. The van der Waals surface area contributed by atoms with E-state index in [1.54, 1.807) is 0 Å². The molecule has 0 saturated heterocycles. The zero-order chi connectivity index (χ0) is 8.81. The van der Waals surface area contributed by atoms with Gasteiger partial charge in [0.2, 0.25) is 0 Å². The summed E-state index contributed by atoms with van der Waals surface area (Å²) in [7, 11) is 0. The van der Waals surface area contributed by atoms with Gasteiger partial charge in [0.1, 0.15) is 6.11 Å². The van der Waals surface area contributed by atoms with Gasteiger partial charge in [-0.25, -0.2) is 0 Å². The van der Waals surface area contributed by atoms with Gasteiger partial charge < -0.3 is 4.74 Å². The number of rotatable bonds is 2. The van der Waals surface area contributed by atoms with E-state index < -0.39 is 0 Å². The molecule has 1 rings (SSSR count). The van der Waals surface area contributed by atoms with Gasteiger partial charge >= 0.3 is 5.97 Å². The van der Waals surface area contributed by atoms with Crippen molar-refractivity contribution in [3.8, 4) is 12.5 Å². The van der Waals surface area contributed by atoms with Crippen LogP contribution in [0.3, 0.4) is 0 Å². The van der Waals surface area contributed by atoms with Crippen molar-refractivity contribution < 1.29 is 9.53 Å². The normalized spacial score (nSPS) is 18.2. The summed E-state index contributed by atoms with van der Waals surface area (Å²) in [5, 5.41) is 0. The number of ether oxygens (including phenoxy) is 1. The first-order chi connectivity index (χ1) is 5.83. The predicted octanol–water partition coefficient (Wildman–Crippen LogP) is 2.09. The van der Waals surface area contributed by atoms with E-state index in [0.717, 1.165) is 12.8 Å². The summed E-state index contributed by atoms with van der Waals surface area (Å²) < 4.78 is 4.43. The van der Waals surface area contributed by atoms with Crippen molar-refractivity contribution in [1.82, 2.24) is 0 Å². The maximum atomic E-state index is 10.9. The zero-order valence-electron chi connectivity index (χ0n) is 7.21. The van der Waals surface area contributed by atoms with Crippen LogP contribution in [0.2, 0.25) is 0 Å². The van der Waals surface area contributed by atoms with Crippen molar-refractivity contribution in [2.45, 2.75) is 38.5 Å². The first-order valence-electron chi connectivity index (χ1n) is 4.48. The minimum atomic E-state index is -0.246. The Morgan fingerprint density at radius 3 is 2.67 bits per heavy atom. The summed E-state index contributed by atoms with van der Waals surface area (Å²) >= 11 is 0. The third-order valence-electron chi connectivity index (χ3n) is 2.35. The van der Waals surface area contributed by atoms with Gasteiger partial charge in [-0.3, -0.25) is 4.79 Å². The molecule has 66 valence electrons. The average molecular weight is 166 g/mol. The molecule has 0 N–H and O–H groups in total. The highest BCUT2D eigenvalue weighted by molar-refractivity contribution is 5.70. The molecule has 0 aromatic rings. The number of carbonyl (C=O) groups is 1. The summed E-state index contributed by atoms with van der Waals surface area (Å²) in [6.45, 7) is 0. The molecule has 0 spiro atoms. The number of hydrogen-bond donors (Lipinski definition) is 0. The van der Waals surface area contributed by atoms with Crippen molar-refractivity contribution in [1.29, 1.82) is 0 Å². The SMILES string of the molecule is C#COC(=O)CC1CCCCC1. The molecule has 12 heavy (non-hydrogen) atoms. The van der Waals surface area contributed by atoms with Crippen LogP contribution in [0.5, 0.6) is 0 Å². The molecule has 0 unspecified atom stereocenters. The van der Waals surface area contributed by atoms with Gasteiger partial charge in [-0.1, -0.05) is 25.7 Å². The Hall–Kier alpha value is -0.970. The molecule has 0 bridgehead atoms. The molecule has 0 amide bonds. The molecule has 0 aliphatic heterocycles. The minimum absolute atomic E-state index is 0.246. The molecule has 1 saturated carbocycles. The zero-order valence-corrected chi connectivity index (χ0v) is 7.21. The summed E-state index contributed by atoms with van der Waals surface area (Å²) in [5.74, 6) is 0.268. The Balaban J connectivity index is 2.21. The second-order valence-electron chi connectivity index (χ2n) is 3.30. The third-order valence-corrected chi connectivity index (χ3v) is 2.35. The fourth-order valence-electron chi connectivity index (χ4n) is 1.73. The molecule has 1 aliphatic rings. The number of esters is 1. The van der Waals surface area contributed by atoms with E-state index in [9.17, 15) is 4.79 Å². The average Bonchev–Trinajstić information content (AvgIpc) is 2.06. The Bertz CT molecular complexity index is 185. The van der Waals surface area contributed by atoms with Crippen LogP contribution in [-0.2, 0) is 9.53 Å². The minimum Gasteiger partial charge on any atom is -0.372 e. The van der Waals surface area contributed by atoms with Crippen LogP contribution in [-0.4, -0.2) is 5.97 Å². The van der Waals surface area contributed by atoms with Gasteiger partial charge in [0.15, 0.2) is 0 Å². The lowest BCUT2D eigenvalue weighted by Gasteiger charge is -2.19. The molecule has 0 atom stereocenters. The van der Waals surface area contributed by atoms with Crippen LogP contribution in [0.1, 0.15) is 38.5 Å². The fourth-order valence-corrected chi connectivity index (χ4v) is 1.73. The topological polar surface area (TPSA) is 26.3 Å².